The van der Waals surface area contributed by atoms with Crippen molar-refractivity contribution >= 4 is 12.6 Å². The van der Waals surface area contributed by atoms with Crippen LogP contribution < -0.4 is 5.46 Å². The topological polar surface area (TPSA) is 31.4 Å². The first-order valence-corrected chi connectivity index (χ1v) is 6.58. The molecule has 0 aliphatic carbocycles. The van der Waals surface area contributed by atoms with Crippen LogP contribution in [0.4, 0.5) is 0 Å². The van der Waals surface area contributed by atoms with Gasteiger partial charge in [0.25, 0.3) is 0 Å². The third-order valence-corrected chi connectivity index (χ3v) is 3.98. The summed E-state index contributed by atoms with van der Waals surface area (Å²) in [5.41, 5.74) is 2.66. The molecular weight excluding hydrogens is 225 g/mol. The molecule has 0 amide bonds. The Morgan fingerprint density at radius 3 is 2.22 bits per heavy atom. The lowest BCUT2D eigenvalue weighted by atomic mass is 9.76. The number of hydrogen-bond donors (Lipinski definition) is 0. The van der Waals surface area contributed by atoms with Gasteiger partial charge >= 0.3 is 7.12 Å². The molecule has 0 spiro atoms. The van der Waals surface area contributed by atoms with Crippen LogP contribution in [0.25, 0.3) is 0 Å². The molecule has 1 aliphatic heterocycles. The van der Waals surface area contributed by atoms with E-state index in [1.165, 1.54) is 0 Å². The lowest BCUT2D eigenvalue weighted by Crippen LogP contribution is -2.41. The fraction of sp³-hybridized carbons (Fsp3) is 0.643. The summed E-state index contributed by atoms with van der Waals surface area (Å²) < 4.78 is 12.2. The third kappa shape index (κ3) is 2.19. The first-order chi connectivity index (χ1) is 8.27. The van der Waals surface area contributed by atoms with E-state index in [9.17, 15) is 0 Å². The number of hydrogen-bond acceptors (Lipinski definition) is 3. The molecule has 0 unspecified atom stereocenters. The Kier molecular flexibility index (Phi) is 3.28. The van der Waals surface area contributed by atoms with Crippen molar-refractivity contribution in [3.05, 3.63) is 23.5 Å². The van der Waals surface area contributed by atoms with Crippen LogP contribution in [0.15, 0.2) is 12.3 Å². The van der Waals surface area contributed by atoms with E-state index in [2.05, 4.69) is 45.7 Å². The van der Waals surface area contributed by atoms with Gasteiger partial charge in [0.1, 0.15) is 0 Å². The Morgan fingerprint density at radius 1 is 1.17 bits per heavy atom. The Hall–Kier alpha value is -0.865. The molecule has 0 radical (unpaired) electrons. The van der Waals surface area contributed by atoms with Crippen LogP contribution in [0.3, 0.4) is 0 Å². The summed E-state index contributed by atoms with van der Waals surface area (Å²) in [6, 6.07) is 2.12. The molecule has 1 aromatic rings. The predicted molar refractivity (Wildman–Crippen MR) is 74.1 cm³/mol. The molecule has 3 nitrogen and oxygen atoms in total. The average Bonchev–Trinajstić information content (AvgIpc) is 2.48. The lowest BCUT2D eigenvalue weighted by Gasteiger charge is -2.32. The van der Waals surface area contributed by atoms with E-state index in [-0.39, 0.29) is 18.3 Å². The fourth-order valence-corrected chi connectivity index (χ4v) is 2.09. The maximum Gasteiger partial charge on any atom is 0.496 e. The molecule has 1 aromatic heterocycles. The summed E-state index contributed by atoms with van der Waals surface area (Å²) in [6.45, 7) is 12.4. The monoisotopic (exact) mass is 247 g/mol. The van der Waals surface area contributed by atoms with Gasteiger partial charge < -0.3 is 9.31 Å². The number of rotatable bonds is 2. The second-order valence-electron chi connectivity index (χ2n) is 5.99. The highest BCUT2D eigenvalue weighted by Gasteiger charge is 2.52. The van der Waals surface area contributed by atoms with E-state index in [1.54, 1.807) is 0 Å². The van der Waals surface area contributed by atoms with E-state index in [0.29, 0.717) is 0 Å². The molecule has 1 saturated heterocycles. The molecule has 0 atom stereocenters. The van der Waals surface area contributed by atoms with E-state index >= 15 is 0 Å². The Labute approximate surface area is 110 Å². The van der Waals surface area contributed by atoms with Gasteiger partial charge in [-0.3, -0.25) is 4.98 Å². The van der Waals surface area contributed by atoms with Crippen molar-refractivity contribution in [2.45, 2.75) is 59.2 Å². The first-order valence-electron chi connectivity index (χ1n) is 6.58. The number of aromatic nitrogens is 1. The lowest BCUT2D eigenvalue weighted by molar-refractivity contribution is 0.00578. The summed E-state index contributed by atoms with van der Waals surface area (Å²) in [6.07, 6.45) is 2.78. The normalized spacial score (nSPS) is 21.3. The van der Waals surface area contributed by atoms with Crippen molar-refractivity contribution in [2.75, 3.05) is 0 Å². The van der Waals surface area contributed by atoms with Crippen molar-refractivity contribution < 1.29 is 9.31 Å². The molecule has 0 N–H and O–H groups in total. The molecule has 4 heteroatoms. The van der Waals surface area contributed by atoms with E-state index in [0.717, 1.165) is 23.1 Å². The molecule has 1 aliphatic rings. The van der Waals surface area contributed by atoms with Gasteiger partial charge in [-0.1, -0.05) is 13.0 Å². The Balaban J connectivity index is 2.37. The second kappa shape index (κ2) is 4.35. The Bertz CT molecular complexity index is 441. The van der Waals surface area contributed by atoms with Crippen LogP contribution in [0.5, 0.6) is 0 Å². The zero-order valence-corrected chi connectivity index (χ0v) is 12.2. The summed E-state index contributed by atoms with van der Waals surface area (Å²) in [5.74, 6) is 0. The average molecular weight is 247 g/mol. The van der Waals surface area contributed by atoms with Crippen LogP contribution in [0.2, 0.25) is 0 Å². The maximum absolute atomic E-state index is 6.09. The fourth-order valence-electron chi connectivity index (χ4n) is 2.09. The van der Waals surface area contributed by atoms with Crippen molar-refractivity contribution in [1.82, 2.24) is 4.98 Å². The number of nitrogens with zero attached hydrogens (tertiary/aromatic N) is 1. The van der Waals surface area contributed by atoms with Crippen molar-refractivity contribution in [1.29, 1.82) is 0 Å². The highest BCUT2D eigenvalue weighted by Crippen LogP contribution is 2.36. The number of aryl methyl sites for hydroxylation is 2. The van der Waals surface area contributed by atoms with Gasteiger partial charge in [0.2, 0.25) is 0 Å². The summed E-state index contributed by atoms with van der Waals surface area (Å²) in [4.78, 5) is 4.48. The van der Waals surface area contributed by atoms with Crippen molar-refractivity contribution in [2.24, 2.45) is 0 Å². The van der Waals surface area contributed by atoms with Gasteiger partial charge in [0.05, 0.1) is 11.2 Å². The molecular formula is C14H22BNO2. The SMILES string of the molecule is CCc1ncc(C)cc1B1OC(C)(C)C(C)(C)O1. The van der Waals surface area contributed by atoms with Gasteiger partial charge in [-0.25, -0.2) is 0 Å². The highest BCUT2D eigenvalue weighted by molar-refractivity contribution is 6.62. The summed E-state index contributed by atoms with van der Waals surface area (Å²) in [5, 5.41) is 0. The smallest absolute Gasteiger partial charge is 0.399 e. The zero-order chi connectivity index (χ0) is 13.6. The molecule has 2 heterocycles. The van der Waals surface area contributed by atoms with Crippen LogP contribution >= 0.6 is 0 Å². The van der Waals surface area contributed by atoms with Gasteiger partial charge in [0, 0.05) is 17.4 Å². The summed E-state index contributed by atoms with van der Waals surface area (Å²) in [7, 11) is -0.308. The van der Waals surface area contributed by atoms with Crippen LogP contribution in [-0.4, -0.2) is 23.3 Å². The minimum absolute atomic E-state index is 0.299. The predicted octanol–water partition coefficient (Wildman–Crippen LogP) is 2.25. The first kappa shape index (κ1) is 13.6. The molecule has 98 valence electrons. The van der Waals surface area contributed by atoms with Crippen LogP contribution in [0.1, 0.15) is 45.9 Å². The van der Waals surface area contributed by atoms with Gasteiger partial charge in [-0.15, -0.1) is 0 Å². The standard InChI is InChI=1S/C14H22BNO2/c1-7-12-11(8-10(2)9-16-12)15-17-13(3,4)14(5,6)18-15/h8-9H,7H2,1-6H3. The zero-order valence-electron chi connectivity index (χ0n) is 12.2. The van der Waals surface area contributed by atoms with Crippen molar-refractivity contribution in [3.63, 3.8) is 0 Å². The minimum atomic E-state index is -0.308. The molecule has 18 heavy (non-hydrogen) atoms. The van der Waals surface area contributed by atoms with Gasteiger partial charge in [-0.05, 0) is 46.6 Å². The molecule has 0 aromatic carbocycles. The van der Waals surface area contributed by atoms with Crippen LogP contribution in [-0.2, 0) is 15.7 Å². The molecule has 2 rings (SSSR count). The van der Waals surface area contributed by atoms with Crippen LogP contribution in [0, 0.1) is 6.92 Å². The second-order valence-corrected chi connectivity index (χ2v) is 5.99. The van der Waals surface area contributed by atoms with E-state index < -0.39 is 0 Å². The quantitative estimate of drug-likeness (QED) is 0.751. The van der Waals surface area contributed by atoms with E-state index in [4.69, 9.17) is 9.31 Å². The molecule has 0 bridgehead atoms. The third-order valence-electron chi connectivity index (χ3n) is 3.98. The molecule has 0 saturated carbocycles. The Morgan fingerprint density at radius 2 is 1.72 bits per heavy atom. The van der Waals surface area contributed by atoms with E-state index in [1.807, 2.05) is 13.1 Å². The summed E-state index contributed by atoms with van der Waals surface area (Å²) >= 11 is 0. The minimum Gasteiger partial charge on any atom is -0.399 e. The highest BCUT2D eigenvalue weighted by atomic mass is 16.7. The maximum atomic E-state index is 6.09. The van der Waals surface area contributed by atoms with Crippen molar-refractivity contribution in [3.8, 4) is 0 Å². The van der Waals surface area contributed by atoms with Gasteiger partial charge in [0.15, 0.2) is 0 Å². The number of pyridine rings is 1. The van der Waals surface area contributed by atoms with Gasteiger partial charge in [-0.2, -0.15) is 0 Å². The largest absolute Gasteiger partial charge is 0.496 e. The molecule has 1 fully saturated rings.